The van der Waals surface area contributed by atoms with Crippen LogP contribution in [-0.4, -0.2) is 59.5 Å². The van der Waals surface area contributed by atoms with Crippen LogP contribution >= 0.6 is 0 Å². The third-order valence-corrected chi connectivity index (χ3v) is 9.93. The summed E-state index contributed by atoms with van der Waals surface area (Å²) in [5.74, 6) is -2.06. The molecule has 238 valence electrons. The fourth-order valence-corrected chi connectivity index (χ4v) is 7.60. The molecule has 0 bridgehead atoms. The first kappa shape index (κ1) is 31.3. The van der Waals surface area contributed by atoms with Crippen molar-refractivity contribution >= 4 is 23.1 Å². The van der Waals surface area contributed by atoms with Gasteiger partial charge in [-0.15, -0.1) is 0 Å². The number of nitrogens with one attached hydrogen (secondary N) is 1. The maximum Gasteiger partial charge on any atom is 0.404 e. The molecule has 0 saturated carbocycles. The predicted molar refractivity (Wildman–Crippen MR) is 167 cm³/mol. The predicted octanol–water partition coefficient (Wildman–Crippen LogP) is 7.48. The van der Waals surface area contributed by atoms with Crippen LogP contribution in [0, 0.1) is 24.6 Å². The van der Waals surface area contributed by atoms with Gasteiger partial charge in [-0.05, 0) is 105 Å². The number of piperidine rings is 1. The molecule has 9 heteroatoms. The monoisotopic (exact) mass is 621 g/mol. The van der Waals surface area contributed by atoms with Crippen LogP contribution in [0.2, 0.25) is 0 Å². The Morgan fingerprint density at radius 2 is 1.82 bits per heavy atom. The van der Waals surface area contributed by atoms with Gasteiger partial charge in [0, 0.05) is 24.7 Å². The minimum Gasteiger partial charge on any atom is -0.334 e. The van der Waals surface area contributed by atoms with Crippen molar-refractivity contribution in [2.45, 2.75) is 70.6 Å². The number of carbonyl (C=O) groups is 2. The Morgan fingerprint density at radius 3 is 2.56 bits per heavy atom. The number of nitrogens with zero attached hydrogens (tertiary/aromatic N) is 2. The highest BCUT2D eigenvalue weighted by Gasteiger charge is 2.46. The van der Waals surface area contributed by atoms with Gasteiger partial charge in [0.2, 0.25) is 5.91 Å². The van der Waals surface area contributed by atoms with Gasteiger partial charge in [0.15, 0.2) is 0 Å². The molecule has 0 radical (unpaired) electrons. The summed E-state index contributed by atoms with van der Waals surface area (Å²) < 4.78 is 55.7. The van der Waals surface area contributed by atoms with Gasteiger partial charge >= 0.3 is 6.18 Å². The van der Waals surface area contributed by atoms with E-state index < -0.39 is 35.9 Å². The topological polar surface area (TPSA) is 52.7 Å². The van der Waals surface area contributed by atoms with Crippen molar-refractivity contribution in [2.75, 3.05) is 25.0 Å². The van der Waals surface area contributed by atoms with Crippen molar-refractivity contribution < 1.29 is 27.2 Å². The Balaban J connectivity index is 1.26. The van der Waals surface area contributed by atoms with E-state index in [1.807, 2.05) is 43.4 Å². The maximum atomic E-state index is 15.0. The van der Waals surface area contributed by atoms with Gasteiger partial charge in [0.05, 0.1) is 17.5 Å². The number of anilines is 1. The van der Waals surface area contributed by atoms with Crippen molar-refractivity contribution in [3.8, 4) is 0 Å². The summed E-state index contributed by atoms with van der Waals surface area (Å²) >= 11 is 0. The van der Waals surface area contributed by atoms with Gasteiger partial charge in [0.25, 0.3) is 5.91 Å². The molecule has 2 fully saturated rings. The third kappa shape index (κ3) is 6.37. The lowest BCUT2D eigenvalue weighted by Gasteiger charge is -2.44. The number of hydrogen-bond donors (Lipinski definition) is 1. The van der Waals surface area contributed by atoms with Crippen LogP contribution in [0.15, 0.2) is 66.3 Å². The highest BCUT2D eigenvalue weighted by atomic mass is 19.4. The van der Waals surface area contributed by atoms with Gasteiger partial charge in [-0.3, -0.25) is 14.5 Å². The van der Waals surface area contributed by atoms with Crippen molar-refractivity contribution in [3.63, 3.8) is 0 Å². The van der Waals surface area contributed by atoms with Gasteiger partial charge in [0.1, 0.15) is 11.9 Å². The van der Waals surface area contributed by atoms with Crippen LogP contribution in [0.4, 0.5) is 23.2 Å². The molecule has 6 rings (SSSR count). The first-order valence-electron chi connectivity index (χ1n) is 15.9. The van der Waals surface area contributed by atoms with Gasteiger partial charge in [-0.1, -0.05) is 42.5 Å². The number of amides is 2. The second kappa shape index (κ2) is 12.6. The average Bonchev–Trinajstić information content (AvgIpc) is 3.63. The first-order valence-corrected chi connectivity index (χ1v) is 15.9. The highest BCUT2D eigenvalue weighted by molar-refractivity contribution is 5.98. The largest absolute Gasteiger partial charge is 0.404 e. The summed E-state index contributed by atoms with van der Waals surface area (Å²) in [5.41, 5.74) is 5.50. The third-order valence-electron chi connectivity index (χ3n) is 9.93. The number of allylic oxidation sites excluding steroid dienone is 3. The molecule has 1 N–H and O–H groups in total. The molecule has 0 aromatic heterocycles. The van der Waals surface area contributed by atoms with Crippen molar-refractivity contribution in [1.82, 2.24) is 9.80 Å². The number of likely N-dealkylation sites (tertiary alicyclic amines) is 2. The molecule has 2 amide bonds. The first-order chi connectivity index (χ1) is 21.5. The fourth-order valence-electron chi connectivity index (χ4n) is 7.60. The molecule has 2 aromatic rings. The zero-order valence-electron chi connectivity index (χ0n) is 25.7. The normalized spacial score (nSPS) is 25.2. The summed E-state index contributed by atoms with van der Waals surface area (Å²) in [4.78, 5) is 31.1. The quantitative estimate of drug-likeness (QED) is 0.341. The van der Waals surface area contributed by atoms with Crippen LogP contribution in [0.5, 0.6) is 0 Å². The Kier molecular flexibility index (Phi) is 8.74. The lowest BCUT2D eigenvalue weighted by atomic mass is 9.77. The molecule has 2 saturated heterocycles. The number of hydrogen-bond acceptors (Lipinski definition) is 3. The van der Waals surface area contributed by atoms with E-state index in [2.05, 4.69) is 11.4 Å². The zero-order valence-corrected chi connectivity index (χ0v) is 25.7. The number of aryl methyl sites for hydroxylation is 1. The standard InChI is InChI=1S/C36H39F4N3O2/c1-22-10-13-25-16-17-27(20-29(22)25)41-34(44)28-7-4-19-43(35(45)32-23(2)6-3-8-30(32)37)33(28)26-14-11-24(12-15-26)21-42-18-5-9-31(42)36(38,39)40/h3,6,8,10-12,14,16-17,20,26,28,31,33H,4-5,7,9,13,15,18-19,21H2,1-2H3,(H,41,44)/t26?,28-,31+,33-/m0/s1. The lowest BCUT2D eigenvalue weighted by molar-refractivity contribution is -0.174. The molecule has 5 nitrogen and oxygen atoms in total. The summed E-state index contributed by atoms with van der Waals surface area (Å²) in [7, 11) is 0. The average molecular weight is 622 g/mol. The summed E-state index contributed by atoms with van der Waals surface area (Å²) in [6.07, 6.45) is 6.70. The van der Waals surface area contributed by atoms with Crippen LogP contribution in [0.1, 0.15) is 66.1 Å². The smallest absolute Gasteiger partial charge is 0.334 e. The zero-order chi connectivity index (χ0) is 31.9. The second-order valence-electron chi connectivity index (χ2n) is 12.8. The Labute approximate surface area is 261 Å². The van der Waals surface area contributed by atoms with Gasteiger partial charge < -0.3 is 10.2 Å². The molecule has 1 unspecified atom stereocenters. The molecular formula is C36H39F4N3O2. The molecule has 2 aliphatic carbocycles. The molecule has 4 aliphatic rings. The molecular weight excluding hydrogens is 582 g/mol. The fraction of sp³-hybridized carbons (Fsp3) is 0.444. The number of carbonyl (C=O) groups excluding carboxylic acids is 2. The van der Waals surface area contributed by atoms with Crippen LogP contribution in [0.3, 0.4) is 0 Å². The van der Waals surface area contributed by atoms with E-state index in [1.165, 1.54) is 22.1 Å². The number of benzene rings is 2. The van der Waals surface area contributed by atoms with E-state index in [0.717, 1.165) is 17.6 Å². The molecule has 0 spiro atoms. The van der Waals surface area contributed by atoms with E-state index in [0.29, 0.717) is 50.0 Å². The van der Waals surface area contributed by atoms with E-state index in [-0.39, 0.29) is 30.4 Å². The Bertz CT molecular complexity index is 1560. The Hall–Kier alpha value is -3.72. The molecule has 2 aliphatic heterocycles. The lowest BCUT2D eigenvalue weighted by Crippen LogP contribution is -2.55. The number of alkyl halides is 3. The molecule has 2 aromatic carbocycles. The molecule has 4 atom stereocenters. The second-order valence-corrected chi connectivity index (χ2v) is 12.8. The minimum atomic E-state index is -4.26. The Morgan fingerprint density at radius 1 is 1.02 bits per heavy atom. The minimum absolute atomic E-state index is 0.00712. The van der Waals surface area contributed by atoms with E-state index >= 15 is 4.39 Å². The van der Waals surface area contributed by atoms with Crippen molar-refractivity contribution in [1.29, 1.82) is 0 Å². The van der Waals surface area contributed by atoms with Gasteiger partial charge in [-0.25, -0.2) is 4.39 Å². The summed E-state index contributed by atoms with van der Waals surface area (Å²) in [6.45, 7) is 4.72. The van der Waals surface area contributed by atoms with Crippen LogP contribution in [-0.2, 0) is 11.2 Å². The molecule has 45 heavy (non-hydrogen) atoms. The number of fused-ring (bicyclic) bond motifs is 1. The molecule has 2 heterocycles. The van der Waals surface area contributed by atoms with Crippen molar-refractivity contribution in [3.05, 3.63) is 94.3 Å². The van der Waals surface area contributed by atoms with Gasteiger partial charge in [-0.2, -0.15) is 13.2 Å². The van der Waals surface area contributed by atoms with E-state index in [4.69, 9.17) is 0 Å². The number of rotatable bonds is 6. The van der Waals surface area contributed by atoms with Crippen LogP contribution in [0.25, 0.3) is 5.57 Å². The van der Waals surface area contributed by atoms with E-state index in [9.17, 15) is 22.8 Å². The summed E-state index contributed by atoms with van der Waals surface area (Å²) in [5, 5.41) is 3.10. The number of halogens is 4. The SMILES string of the molecule is CC1=CCc2ccc(NC(=O)[C@H]3CCCN(C(=O)c4c(C)cccc4F)[C@H]3C3C=CC(CN4CCC[C@@H]4C(F)(F)F)=CC3)cc21. The van der Waals surface area contributed by atoms with E-state index in [1.54, 1.807) is 24.0 Å². The summed E-state index contributed by atoms with van der Waals surface area (Å²) in [6, 6.07) is 8.45. The maximum absolute atomic E-state index is 15.0. The highest BCUT2D eigenvalue weighted by Crippen LogP contribution is 2.38. The van der Waals surface area contributed by atoms with Crippen molar-refractivity contribution in [2.24, 2.45) is 11.8 Å². The van der Waals surface area contributed by atoms with Crippen LogP contribution < -0.4 is 5.32 Å².